The van der Waals surface area contributed by atoms with Crippen molar-refractivity contribution in [3.05, 3.63) is 46.2 Å². The molecule has 0 bridgehead atoms. The molecule has 0 saturated heterocycles. The van der Waals surface area contributed by atoms with Gasteiger partial charge in [-0.05, 0) is 49.9 Å². The van der Waals surface area contributed by atoms with Crippen molar-refractivity contribution in [3.8, 4) is 0 Å². The van der Waals surface area contributed by atoms with Gasteiger partial charge in [0.15, 0.2) is 0 Å². The van der Waals surface area contributed by atoms with Crippen LogP contribution in [0.4, 0.5) is 11.6 Å². The first-order valence-corrected chi connectivity index (χ1v) is 9.08. The molecule has 0 radical (unpaired) electrons. The van der Waals surface area contributed by atoms with E-state index in [1.54, 1.807) is 12.3 Å². The molecule has 5 nitrogen and oxygen atoms in total. The third-order valence-electron chi connectivity index (χ3n) is 4.50. The molecule has 1 amide bonds. The lowest BCUT2D eigenvalue weighted by atomic mass is 9.96. The number of carbonyl (C=O) groups excluding carboxylic acids is 1. The van der Waals surface area contributed by atoms with Gasteiger partial charge in [0.2, 0.25) is 5.95 Å². The van der Waals surface area contributed by atoms with E-state index in [4.69, 9.17) is 11.6 Å². The normalized spacial score (nSPS) is 15.0. The highest BCUT2D eigenvalue weighted by Gasteiger charge is 2.16. The number of amides is 1. The Labute approximate surface area is 153 Å². The maximum atomic E-state index is 12.6. The topological polar surface area (TPSA) is 66.9 Å². The van der Waals surface area contributed by atoms with Crippen LogP contribution in [0.1, 0.15) is 53.7 Å². The van der Waals surface area contributed by atoms with Crippen molar-refractivity contribution in [2.45, 2.75) is 52.0 Å². The first-order chi connectivity index (χ1) is 12.0. The fraction of sp³-hybridized carbons (Fsp3) is 0.421. The number of rotatable bonds is 4. The van der Waals surface area contributed by atoms with Crippen LogP contribution < -0.4 is 10.6 Å². The van der Waals surface area contributed by atoms with Gasteiger partial charge in [-0.25, -0.2) is 9.97 Å². The van der Waals surface area contributed by atoms with Gasteiger partial charge in [-0.2, -0.15) is 0 Å². The summed E-state index contributed by atoms with van der Waals surface area (Å²) in [5.74, 6) is 0.217. The summed E-state index contributed by atoms with van der Waals surface area (Å²) in [7, 11) is 0. The largest absolute Gasteiger partial charge is 0.351 e. The predicted molar refractivity (Wildman–Crippen MR) is 101 cm³/mol. The summed E-state index contributed by atoms with van der Waals surface area (Å²) in [6.45, 7) is 3.89. The average Bonchev–Trinajstić information content (AvgIpc) is 2.59. The fourth-order valence-electron chi connectivity index (χ4n) is 3.24. The molecule has 1 aliphatic rings. The van der Waals surface area contributed by atoms with Gasteiger partial charge in [-0.15, -0.1) is 0 Å². The highest BCUT2D eigenvalue weighted by molar-refractivity contribution is 6.34. The minimum atomic E-state index is -0.289. The van der Waals surface area contributed by atoms with E-state index in [1.807, 2.05) is 26.0 Å². The molecule has 1 aromatic heterocycles. The lowest BCUT2D eigenvalue weighted by Crippen LogP contribution is -2.24. The third-order valence-corrected chi connectivity index (χ3v) is 4.79. The van der Waals surface area contributed by atoms with E-state index < -0.39 is 0 Å². The summed E-state index contributed by atoms with van der Waals surface area (Å²) in [5, 5.41) is 6.73. The van der Waals surface area contributed by atoms with Crippen LogP contribution in [0.5, 0.6) is 0 Å². The molecule has 2 N–H and O–H groups in total. The molecule has 0 unspecified atom stereocenters. The van der Waals surface area contributed by atoms with E-state index in [2.05, 4.69) is 20.6 Å². The van der Waals surface area contributed by atoms with Crippen LogP contribution in [0.3, 0.4) is 0 Å². The monoisotopic (exact) mass is 358 g/mol. The van der Waals surface area contributed by atoms with Gasteiger partial charge >= 0.3 is 0 Å². The molecule has 6 heteroatoms. The number of benzene rings is 1. The van der Waals surface area contributed by atoms with Crippen LogP contribution in [0, 0.1) is 13.8 Å². The molecule has 1 heterocycles. The van der Waals surface area contributed by atoms with Crippen molar-refractivity contribution in [2.24, 2.45) is 0 Å². The van der Waals surface area contributed by atoms with Crippen molar-refractivity contribution < 1.29 is 4.79 Å². The minimum Gasteiger partial charge on any atom is -0.351 e. The third kappa shape index (κ3) is 4.48. The van der Waals surface area contributed by atoms with Gasteiger partial charge in [0.1, 0.15) is 5.69 Å². The van der Waals surface area contributed by atoms with E-state index >= 15 is 0 Å². The second-order valence-electron chi connectivity index (χ2n) is 6.64. The molecular weight excluding hydrogens is 336 g/mol. The molecular formula is C19H23ClN4O. The number of hydrogen-bond acceptors (Lipinski definition) is 4. The number of anilines is 2. The van der Waals surface area contributed by atoms with Gasteiger partial charge in [-0.1, -0.05) is 36.9 Å². The zero-order valence-electron chi connectivity index (χ0n) is 14.6. The molecule has 1 saturated carbocycles. The summed E-state index contributed by atoms with van der Waals surface area (Å²) < 4.78 is 0. The maximum absolute atomic E-state index is 12.6. The van der Waals surface area contributed by atoms with Crippen LogP contribution in [0.25, 0.3) is 0 Å². The Morgan fingerprint density at radius 1 is 1.20 bits per heavy atom. The van der Waals surface area contributed by atoms with Crippen molar-refractivity contribution in [1.29, 1.82) is 0 Å². The number of aromatic nitrogens is 2. The number of halogens is 1. The van der Waals surface area contributed by atoms with Crippen LogP contribution in [-0.4, -0.2) is 21.9 Å². The van der Waals surface area contributed by atoms with Gasteiger partial charge in [0.25, 0.3) is 5.91 Å². The highest BCUT2D eigenvalue weighted by atomic mass is 35.5. The quantitative estimate of drug-likeness (QED) is 0.828. The van der Waals surface area contributed by atoms with Crippen molar-refractivity contribution in [3.63, 3.8) is 0 Å². The number of nitrogens with zero attached hydrogens (tertiary/aromatic N) is 2. The van der Waals surface area contributed by atoms with E-state index in [0.29, 0.717) is 28.4 Å². The zero-order valence-corrected chi connectivity index (χ0v) is 15.4. The summed E-state index contributed by atoms with van der Waals surface area (Å²) in [4.78, 5) is 21.2. The molecule has 1 fully saturated rings. The van der Waals surface area contributed by atoms with E-state index in [9.17, 15) is 4.79 Å². The standard InChI is InChI=1S/C19H23ClN4O/c1-12-10-13(2)17(15(20)11-12)24-18(25)16-8-9-21-19(23-16)22-14-6-4-3-5-7-14/h8-11,14H,3-7H2,1-2H3,(H,24,25)(H,21,22,23). The number of carbonyl (C=O) groups is 1. The van der Waals surface area contributed by atoms with E-state index in [1.165, 1.54) is 19.3 Å². The second kappa shape index (κ2) is 7.83. The Morgan fingerprint density at radius 2 is 1.96 bits per heavy atom. The lowest BCUT2D eigenvalue weighted by molar-refractivity contribution is 0.102. The Morgan fingerprint density at radius 3 is 2.68 bits per heavy atom. The zero-order chi connectivity index (χ0) is 17.8. The SMILES string of the molecule is Cc1cc(C)c(NC(=O)c2ccnc(NC3CCCCC3)n2)c(Cl)c1. The van der Waals surface area contributed by atoms with Crippen molar-refractivity contribution in [1.82, 2.24) is 9.97 Å². The fourth-order valence-corrected chi connectivity index (χ4v) is 3.60. The molecule has 3 rings (SSSR count). The van der Waals surface area contributed by atoms with Gasteiger partial charge < -0.3 is 10.6 Å². The summed E-state index contributed by atoms with van der Waals surface area (Å²) in [6.07, 6.45) is 7.59. The van der Waals surface area contributed by atoms with Crippen LogP contribution in [0.15, 0.2) is 24.4 Å². The first-order valence-electron chi connectivity index (χ1n) is 8.70. The van der Waals surface area contributed by atoms with Crippen LogP contribution in [0.2, 0.25) is 5.02 Å². The van der Waals surface area contributed by atoms with Crippen LogP contribution >= 0.6 is 11.6 Å². The Kier molecular flexibility index (Phi) is 5.53. The molecule has 2 aromatic rings. The Bertz CT molecular complexity index is 749. The molecule has 0 spiro atoms. The Hall–Kier alpha value is -2.14. The number of aryl methyl sites for hydroxylation is 2. The second-order valence-corrected chi connectivity index (χ2v) is 7.04. The number of hydrogen-bond donors (Lipinski definition) is 2. The highest BCUT2D eigenvalue weighted by Crippen LogP contribution is 2.27. The maximum Gasteiger partial charge on any atom is 0.274 e. The Balaban J connectivity index is 1.73. The van der Waals surface area contributed by atoms with Gasteiger partial charge in [0, 0.05) is 12.2 Å². The van der Waals surface area contributed by atoms with E-state index in [-0.39, 0.29) is 5.91 Å². The predicted octanol–water partition coefficient (Wildman–Crippen LogP) is 4.74. The van der Waals surface area contributed by atoms with Crippen molar-refractivity contribution in [2.75, 3.05) is 10.6 Å². The number of nitrogens with one attached hydrogen (secondary N) is 2. The minimum absolute atomic E-state index is 0.289. The molecule has 0 aliphatic heterocycles. The van der Waals surface area contributed by atoms with Gasteiger partial charge in [0.05, 0.1) is 10.7 Å². The summed E-state index contributed by atoms with van der Waals surface area (Å²) in [6, 6.07) is 5.82. The van der Waals surface area contributed by atoms with Crippen molar-refractivity contribution >= 4 is 29.1 Å². The lowest BCUT2D eigenvalue weighted by Gasteiger charge is -2.22. The molecule has 25 heavy (non-hydrogen) atoms. The summed E-state index contributed by atoms with van der Waals surface area (Å²) >= 11 is 6.27. The summed E-state index contributed by atoms with van der Waals surface area (Å²) in [5.41, 5.74) is 2.93. The van der Waals surface area contributed by atoms with E-state index in [0.717, 1.165) is 24.0 Å². The first kappa shape index (κ1) is 17.7. The smallest absolute Gasteiger partial charge is 0.274 e. The average molecular weight is 359 g/mol. The molecule has 1 aromatic carbocycles. The molecule has 132 valence electrons. The molecule has 1 aliphatic carbocycles. The van der Waals surface area contributed by atoms with Gasteiger partial charge in [-0.3, -0.25) is 4.79 Å². The van der Waals surface area contributed by atoms with Crippen LogP contribution in [-0.2, 0) is 0 Å². The molecule has 0 atom stereocenters.